The molecule has 0 bridgehead atoms. The van der Waals surface area contributed by atoms with E-state index >= 15 is 0 Å². The highest BCUT2D eigenvalue weighted by molar-refractivity contribution is 6.42. The van der Waals surface area contributed by atoms with Crippen molar-refractivity contribution in [3.63, 3.8) is 0 Å². The van der Waals surface area contributed by atoms with Crippen LogP contribution in [0.5, 0.6) is 5.75 Å². The number of nitrogens with one attached hydrogen (secondary N) is 1. The van der Waals surface area contributed by atoms with Gasteiger partial charge in [0.2, 0.25) is 5.95 Å². The molecule has 0 fully saturated rings. The molecule has 0 aliphatic heterocycles. The topological polar surface area (TPSA) is 86.9 Å². The number of anilines is 1. The summed E-state index contributed by atoms with van der Waals surface area (Å²) in [5.41, 5.74) is 3.35. The fraction of sp³-hybridized carbons (Fsp3) is 0.182. The maximum absolute atomic E-state index is 12.5. The largest absolute Gasteiger partial charge is 0.471 e. The first-order valence-corrected chi connectivity index (χ1v) is 10.5. The summed E-state index contributed by atoms with van der Waals surface area (Å²) in [5, 5.41) is 12.1. The van der Waals surface area contributed by atoms with Crippen molar-refractivity contribution >= 4 is 35.1 Å². The van der Waals surface area contributed by atoms with E-state index in [1.165, 1.54) is 11.9 Å². The lowest BCUT2D eigenvalue weighted by molar-refractivity contribution is 0.101. The van der Waals surface area contributed by atoms with Gasteiger partial charge in [-0.3, -0.25) is 10.1 Å². The third-order valence-electron chi connectivity index (χ3n) is 4.65. The van der Waals surface area contributed by atoms with E-state index in [1.54, 1.807) is 33.8 Å². The Balaban J connectivity index is 1.34. The first-order chi connectivity index (χ1) is 15.4. The number of carbonyl (C=O) groups excluding carboxylic acids is 1. The Bertz CT molecular complexity index is 1270. The van der Waals surface area contributed by atoms with Crippen LogP contribution in [0.4, 0.5) is 5.95 Å². The molecule has 0 atom stereocenters. The number of hydrogen-bond acceptors (Lipinski definition) is 5. The second-order valence-corrected chi connectivity index (χ2v) is 8.07. The van der Waals surface area contributed by atoms with Crippen LogP contribution in [0.15, 0.2) is 55.0 Å². The van der Waals surface area contributed by atoms with Crippen molar-refractivity contribution in [2.75, 3.05) is 5.32 Å². The number of amides is 1. The van der Waals surface area contributed by atoms with Crippen LogP contribution in [-0.4, -0.2) is 30.5 Å². The summed E-state index contributed by atoms with van der Waals surface area (Å²) >= 11 is 12.0. The van der Waals surface area contributed by atoms with Gasteiger partial charge in [-0.1, -0.05) is 47.0 Å². The number of rotatable bonds is 7. The Hall–Kier alpha value is -3.36. The predicted octanol–water partition coefficient (Wildman–Crippen LogP) is 4.74. The number of hydrogen-bond donors (Lipinski definition) is 1. The second kappa shape index (κ2) is 9.42. The summed E-state index contributed by atoms with van der Waals surface area (Å²) in [6, 6.07) is 12.9. The SMILES string of the molecule is Cc1ccc(OCn2ccc(C(=O)Nc3ncn(Cc4ccc(Cl)c(Cl)c4)n3)n2)c(C)c1. The maximum atomic E-state index is 12.5. The number of halogens is 2. The Morgan fingerprint density at radius 2 is 1.88 bits per heavy atom. The average Bonchev–Trinajstić information content (AvgIpc) is 3.40. The number of benzene rings is 2. The van der Waals surface area contributed by atoms with Crippen molar-refractivity contribution in [2.24, 2.45) is 0 Å². The molecular formula is C22H20Cl2N6O2. The van der Waals surface area contributed by atoms with Gasteiger partial charge in [-0.2, -0.15) is 5.10 Å². The molecular weight excluding hydrogens is 451 g/mol. The smallest absolute Gasteiger partial charge is 0.278 e. The van der Waals surface area contributed by atoms with Gasteiger partial charge < -0.3 is 4.74 Å². The van der Waals surface area contributed by atoms with Crippen LogP contribution in [0.1, 0.15) is 27.2 Å². The molecule has 0 radical (unpaired) electrons. The Morgan fingerprint density at radius 3 is 2.66 bits per heavy atom. The molecule has 2 aromatic carbocycles. The molecule has 1 N–H and O–H groups in total. The van der Waals surface area contributed by atoms with Crippen LogP contribution in [0.25, 0.3) is 0 Å². The quantitative estimate of drug-likeness (QED) is 0.421. The summed E-state index contributed by atoms with van der Waals surface area (Å²) in [5.74, 6) is 0.535. The fourth-order valence-corrected chi connectivity index (χ4v) is 3.39. The summed E-state index contributed by atoms with van der Waals surface area (Å²) in [4.78, 5) is 16.6. The molecule has 4 rings (SSSR count). The van der Waals surface area contributed by atoms with Crippen molar-refractivity contribution in [1.29, 1.82) is 0 Å². The third kappa shape index (κ3) is 5.27. The zero-order valence-electron chi connectivity index (χ0n) is 17.4. The number of aryl methyl sites for hydroxylation is 2. The molecule has 2 aromatic heterocycles. The van der Waals surface area contributed by atoms with Crippen molar-refractivity contribution < 1.29 is 9.53 Å². The lowest BCUT2D eigenvalue weighted by Gasteiger charge is -2.09. The number of ether oxygens (including phenoxy) is 1. The van der Waals surface area contributed by atoms with Gasteiger partial charge in [0.1, 0.15) is 12.1 Å². The molecule has 8 nitrogen and oxygen atoms in total. The van der Waals surface area contributed by atoms with Gasteiger partial charge >= 0.3 is 0 Å². The molecule has 164 valence electrons. The first-order valence-electron chi connectivity index (χ1n) is 9.75. The van der Waals surface area contributed by atoms with Crippen molar-refractivity contribution in [3.8, 4) is 5.75 Å². The maximum Gasteiger partial charge on any atom is 0.278 e. The van der Waals surface area contributed by atoms with E-state index in [2.05, 4.69) is 20.5 Å². The second-order valence-electron chi connectivity index (χ2n) is 7.25. The molecule has 1 amide bonds. The van der Waals surface area contributed by atoms with Crippen LogP contribution in [0.3, 0.4) is 0 Å². The standard InChI is InChI=1S/C22H20Cl2N6O2/c1-14-3-6-20(15(2)9-14)32-13-29-8-7-19(27-29)21(31)26-22-25-12-30(28-22)11-16-4-5-17(23)18(24)10-16/h3-10,12H,11,13H2,1-2H3,(H,26,28,31). The predicted molar refractivity (Wildman–Crippen MR) is 122 cm³/mol. The Kier molecular flexibility index (Phi) is 6.43. The van der Waals surface area contributed by atoms with E-state index in [4.69, 9.17) is 27.9 Å². The monoisotopic (exact) mass is 470 g/mol. The van der Waals surface area contributed by atoms with Crippen molar-refractivity contribution in [1.82, 2.24) is 24.5 Å². The molecule has 0 spiro atoms. The summed E-state index contributed by atoms with van der Waals surface area (Å²) in [7, 11) is 0. The van der Waals surface area contributed by atoms with Gasteiger partial charge in [0, 0.05) is 6.20 Å². The highest BCUT2D eigenvalue weighted by Gasteiger charge is 2.13. The number of aromatic nitrogens is 5. The van der Waals surface area contributed by atoms with Gasteiger partial charge in [-0.15, -0.1) is 5.10 Å². The molecule has 0 aliphatic rings. The van der Waals surface area contributed by atoms with Gasteiger partial charge in [0.15, 0.2) is 12.4 Å². The lowest BCUT2D eigenvalue weighted by Crippen LogP contribution is -2.15. The van der Waals surface area contributed by atoms with Gasteiger partial charge in [-0.25, -0.2) is 14.3 Å². The third-order valence-corrected chi connectivity index (χ3v) is 5.39. The normalized spacial score (nSPS) is 10.9. The molecule has 2 heterocycles. The van der Waals surface area contributed by atoms with E-state index < -0.39 is 5.91 Å². The molecule has 0 unspecified atom stereocenters. The molecule has 0 saturated carbocycles. The van der Waals surface area contributed by atoms with Crippen LogP contribution >= 0.6 is 23.2 Å². The molecule has 0 aliphatic carbocycles. The van der Waals surface area contributed by atoms with Gasteiger partial charge in [0.05, 0.1) is 16.6 Å². The van der Waals surface area contributed by atoms with E-state index in [0.717, 1.165) is 16.9 Å². The summed E-state index contributed by atoms with van der Waals surface area (Å²) in [6.45, 7) is 4.64. The average molecular weight is 471 g/mol. The summed E-state index contributed by atoms with van der Waals surface area (Å²) < 4.78 is 8.92. The summed E-state index contributed by atoms with van der Waals surface area (Å²) in [6.07, 6.45) is 3.20. The van der Waals surface area contributed by atoms with Crippen LogP contribution in [0, 0.1) is 13.8 Å². The van der Waals surface area contributed by atoms with Crippen LogP contribution in [-0.2, 0) is 13.3 Å². The van der Waals surface area contributed by atoms with Crippen LogP contribution < -0.4 is 10.1 Å². The molecule has 4 aromatic rings. The van der Waals surface area contributed by atoms with Crippen molar-refractivity contribution in [2.45, 2.75) is 27.1 Å². The highest BCUT2D eigenvalue weighted by Crippen LogP contribution is 2.23. The number of nitrogens with zero attached hydrogens (tertiary/aromatic N) is 5. The zero-order valence-corrected chi connectivity index (χ0v) is 18.9. The van der Waals surface area contributed by atoms with E-state index in [9.17, 15) is 4.79 Å². The van der Waals surface area contributed by atoms with E-state index in [-0.39, 0.29) is 18.4 Å². The van der Waals surface area contributed by atoms with Crippen molar-refractivity contribution in [3.05, 3.63) is 87.4 Å². The van der Waals surface area contributed by atoms with Gasteiger partial charge in [-0.05, 0) is 49.2 Å². The highest BCUT2D eigenvalue weighted by atomic mass is 35.5. The first kappa shape index (κ1) is 21.9. The number of carbonyl (C=O) groups is 1. The van der Waals surface area contributed by atoms with Crippen LogP contribution in [0.2, 0.25) is 10.0 Å². The van der Waals surface area contributed by atoms with E-state index in [1.807, 2.05) is 38.1 Å². The Morgan fingerprint density at radius 1 is 1.03 bits per heavy atom. The Labute approximate surface area is 194 Å². The minimum absolute atomic E-state index is 0.177. The molecule has 10 heteroatoms. The fourth-order valence-electron chi connectivity index (χ4n) is 3.07. The van der Waals surface area contributed by atoms with Gasteiger partial charge in [0.25, 0.3) is 5.91 Å². The molecule has 32 heavy (non-hydrogen) atoms. The van der Waals surface area contributed by atoms with E-state index in [0.29, 0.717) is 16.6 Å². The lowest BCUT2D eigenvalue weighted by atomic mass is 10.1. The zero-order chi connectivity index (χ0) is 22.7. The minimum Gasteiger partial charge on any atom is -0.471 e. The molecule has 0 saturated heterocycles. The minimum atomic E-state index is -0.414.